The van der Waals surface area contributed by atoms with Crippen LogP contribution in [0.15, 0.2) is 77.8 Å². The Morgan fingerprint density at radius 3 is 2.58 bits per heavy atom. The molecule has 0 amide bonds. The highest BCUT2D eigenvalue weighted by molar-refractivity contribution is 7.90. The predicted octanol–water partition coefficient (Wildman–Crippen LogP) is 4.89. The summed E-state index contributed by atoms with van der Waals surface area (Å²) in [6.07, 6.45) is 4.80. The Hall–Kier alpha value is -3.49. The van der Waals surface area contributed by atoms with Crippen molar-refractivity contribution in [2.45, 2.75) is 30.4 Å². The van der Waals surface area contributed by atoms with E-state index in [1.54, 1.807) is 25.4 Å². The van der Waals surface area contributed by atoms with Crippen LogP contribution in [0.3, 0.4) is 0 Å². The first-order chi connectivity index (χ1) is 17.4. The summed E-state index contributed by atoms with van der Waals surface area (Å²) in [5, 5.41) is 1.12. The molecule has 0 atom stereocenters. The van der Waals surface area contributed by atoms with E-state index in [0.717, 1.165) is 59.3 Å². The summed E-state index contributed by atoms with van der Waals surface area (Å²) in [6, 6.07) is 21.2. The summed E-state index contributed by atoms with van der Waals surface area (Å²) in [7, 11) is -1.78. The molecule has 186 valence electrons. The second-order valence-corrected chi connectivity index (χ2v) is 11.0. The van der Waals surface area contributed by atoms with Crippen molar-refractivity contribution in [3.8, 4) is 17.0 Å². The fourth-order valence-electron chi connectivity index (χ4n) is 4.60. The van der Waals surface area contributed by atoms with E-state index in [1.807, 2.05) is 42.5 Å². The largest absolute Gasteiger partial charge is 0.481 e. The maximum absolute atomic E-state index is 12.3. The molecule has 0 N–H and O–H groups in total. The summed E-state index contributed by atoms with van der Waals surface area (Å²) in [5.74, 6) is 0.484. The van der Waals surface area contributed by atoms with Crippen molar-refractivity contribution in [3.63, 3.8) is 0 Å². The van der Waals surface area contributed by atoms with E-state index in [0.29, 0.717) is 12.5 Å². The zero-order valence-corrected chi connectivity index (χ0v) is 21.2. The van der Waals surface area contributed by atoms with E-state index in [1.165, 1.54) is 6.26 Å². The standard InChI is InChI=1S/C28H29N3O4S/c1-34-28-17-21(11-14-29-28)25-18-24(36(2,32)33)9-10-27(25)31-15-12-23(13-16-31)35-19-22-8-7-20-5-3-4-6-26(20)30-22/h3-11,14,17-18,23H,12-13,15-16,19H2,1-2H3. The number of benzene rings is 2. The second kappa shape index (κ2) is 10.2. The number of methoxy groups -OCH3 is 1. The molecule has 0 unspecified atom stereocenters. The van der Waals surface area contributed by atoms with Crippen molar-refractivity contribution >= 4 is 26.4 Å². The third kappa shape index (κ3) is 5.34. The van der Waals surface area contributed by atoms with Gasteiger partial charge in [0.05, 0.1) is 35.9 Å². The van der Waals surface area contributed by atoms with Crippen LogP contribution >= 0.6 is 0 Å². The molecule has 7 nitrogen and oxygen atoms in total. The first kappa shape index (κ1) is 24.2. The van der Waals surface area contributed by atoms with Gasteiger partial charge in [0.2, 0.25) is 5.88 Å². The topological polar surface area (TPSA) is 81.6 Å². The normalized spacial score (nSPS) is 14.8. The van der Waals surface area contributed by atoms with Crippen LogP contribution in [0.2, 0.25) is 0 Å². The van der Waals surface area contributed by atoms with Crippen LogP contribution in [0.1, 0.15) is 18.5 Å². The van der Waals surface area contributed by atoms with Crippen molar-refractivity contribution in [2.24, 2.45) is 0 Å². The van der Waals surface area contributed by atoms with E-state index in [9.17, 15) is 8.42 Å². The molecule has 1 aliphatic rings. The first-order valence-electron chi connectivity index (χ1n) is 12.0. The van der Waals surface area contributed by atoms with Gasteiger partial charge in [0, 0.05) is 48.2 Å². The number of aromatic nitrogens is 2. The zero-order valence-electron chi connectivity index (χ0n) is 20.4. The minimum absolute atomic E-state index is 0.147. The Morgan fingerprint density at radius 2 is 1.81 bits per heavy atom. The van der Waals surface area contributed by atoms with Crippen LogP contribution in [0, 0.1) is 0 Å². The van der Waals surface area contributed by atoms with E-state index in [2.05, 4.69) is 22.0 Å². The van der Waals surface area contributed by atoms with Gasteiger partial charge in [0.25, 0.3) is 0 Å². The highest BCUT2D eigenvalue weighted by Crippen LogP contribution is 2.36. The van der Waals surface area contributed by atoms with Gasteiger partial charge in [-0.15, -0.1) is 0 Å². The Labute approximate surface area is 211 Å². The number of sulfone groups is 1. The number of ether oxygens (including phenoxy) is 2. The molecular weight excluding hydrogens is 474 g/mol. The number of anilines is 1. The Balaban J connectivity index is 1.31. The molecule has 1 saturated heterocycles. The highest BCUT2D eigenvalue weighted by Gasteiger charge is 2.23. The monoisotopic (exact) mass is 503 g/mol. The fraction of sp³-hybridized carbons (Fsp3) is 0.286. The van der Waals surface area contributed by atoms with Gasteiger partial charge in [-0.05, 0) is 54.8 Å². The van der Waals surface area contributed by atoms with Crippen LogP contribution in [-0.2, 0) is 21.2 Å². The van der Waals surface area contributed by atoms with Crippen LogP contribution in [0.5, 0.6) is 5.88 Å². The number of para-hydroxylation sites is 1. The van der Waals surface area contributed by atoms with Crippen molar-refractivity contribution < 1.29 is 17.9 Å². The lowest BCUT2D eigenvalue weighted by Gasteiger charge is -2.35. The van der Waals surface area contributed by atoms with Gasteiger partial charge < -0.3 is 14.4 Å². The van der Waals surface area contributed by atoms with Crippen LogP contribution in [0.25, 0.3) is 22.0 Å². The van der Waals surface area contributed by atoms with Crippen LogP contribution < -0.4 is 9.64 Å². The van der Waals surface area contributed by atoms with E-state index < -0.39 is 9.84 Å². The minimum atomic E-state index is -3.34. The van der Waals surface area contributed by atoms with E-state index >= 15 is 0 Å². The Morgan fingerprint density at radius 1 is 1.00 bits per heavy atom. The van der Waals surface area contributed by atoms with Crippen molar-refractivity contribution in [2.75, 3.05) is 31.4 Å². The predicted molar refractivity (Wildman–Crippen MR) is 141 cm³/mol. The van der Waals surface area contributed by atoms with Gasteiger partial charge in [0.1, 0.15) is 0 Å². The molecule has 0 radical (unpaired) electrons. The first-order valence-corrected chi connectivity index (χ1v) is 13.9. The van der Waals surface area contributed by atoms with E-state index in [-0.39, 0.29) is 11.0 Å². The summed E-state index contributed by atoms with van der Waals surface area (Å²) < 4.78 is 36.0. The third-order valence-electron chi connectivity index (χ3n) is 6.56. The lowest BCUT2D eigenvalue weighted by atomic mass is 10.0. The molecule has 5 rings (SSSR count). The lowest BCUT2D eigenvalue weighted by Crippen LogP contribution is -2.37. The number of pyridine rings is 2. The van der Waals surface area contributed by atoms with Gasteiger partial charge in [-0.2, -0.15) is 0 Å². The second-order valence-electron chi connectivity index (χ2n) is 9.03. The molecule has 2 aromatic carbocycles. The molecule has 8 heteroatoms. The van der Waals surface area contributed by atoms with Crippen molar-refractivity contribution in [3.05, 3.63) is 78.6 Å². The number of hydrogen-bond donors (Lipinski definition) is 0. The third-order valence-corrected chi connectivity index (χ3v) is 7.67. The quantitative estimate of drug-likeness (QED) is 0.355. The van der Waals surface area contributed by atoms with Gasteiger partial charge in [-0.3, -0.25) is 4.98 Å². The number of rotatable bonds is 7. The Bertz CT molecular complexity index is 1480. The smallest absolute Gasteiger partial charge is 0.213 e. The summed E-state index contributed by atoms with van der Waals surface area (Å²) >= 11 is 0. The minimum Gasteiger partial charge on any atom is -0.481 e. The zero-order chi connectivity index (χ0) is 25.1. The average molecular weight is 504 g/mol. The molecular formula is C28H29N3O4S. The maximum Gasteiger partial charge on any atom is 0.213 e. The molecule has 1 fully saturated rings. The summed E-state index contributed by atoms with van der Waals surface area (Å²) in [4.78, 5) is 11.5. The summed E-state index contributed by atoms with van der Waals surface area (Å²) in [5.41, 5.74) is 4.61. The SMILES string of the molecule is COc1cc(-c2cc(S(C)(=O)=O)ccc2N2CCC(OCc3ccc4ccccc4n3)CC2)ccn1. The number of fused-ring (bicyclic) bond motifs is 1. The summed E-state index contributed by atoms with van der Waals surface area (Å²) in [6.45, 7) is 2.10. The molecule has 3 heterocycles. The van der Waals surface area contributed by atoms with Gasteiger partial charge >= 0.3 is 0 Å². The van der Waals surface area contributed by atoms with Gasteiger partial charge in [-0.1, -0.05) is 24.3 Å². The van der Waals surface area contributed by atoms with Crippen LogP contribution in [0.4, 0.5) is 5.69 Å². The average Bonchev–Trinajstić information content (AvgIpc) is 2.91. The molecule has 1 aliphatic heterocycles. The van der Waals surface area contributed by atoms with Crippen molar-refractivity contribution in [1.29, 1.82) is 0 Å². The molecule has 0 aliphatic carbocycles. The fourth-order valence-corrected chi connectivity index (χ4v) is 5.24. The number of piperidine rings is 1. The lowest BCUT2D eigenvalue weighted by molar-refractivity contribution is 0.0236. The maximum atomic E-state index is 12.3. The number of nitrogens with zero attached hydrogens (tertiary/aromatic N) is 3. The van der Waals surface area contributed by atoms with Crippen molar-refractivity contribution in [1.82, 2.24) is 9.97 Å². The van der Waals surface area contributed by atoms with Crippen LogP contribution in [-0.4, -0.2) is 50.9 Å². The molecule has 2 aromatic heterocycles. The van der Waals surface area contributed by atoms with Gasteiger partial charge in [0.15, 0.2) is 9.84 Å². The highest BCUT2D eigenvalue weighted by atomic mass is 32.2. The molecule has 0 saturated carbocycles. The molecule has 4 aromatic rings. The molecule has 0 bridgehead atoms. The van der Waals surface area contributed by atoms with E-state index in [4.69, 9.17) is 14.5 Å². The Kier molecular flexibility index (Phi) is 6.89. The number of hydrogen-bond acceptors (Lipinski definition) is 7. The van der Waals surface area contributed by atoms with Gasteiger partial charge in [-0.25, -0.2) is 13.4 Å². The molecule has 36 heavy (non-hydrogen) atoms. The molecule has 0 spiro atoms.